The molecule has 1 aliphatic rings. The number of carbonyl (C=O) groups is 1. The van der Waals surface area contributed by atoms with Crippen molar-refractivity contribution in [3.05, 3.63) is 0 Å². The fourth-order valence-electron chi connectivity index (χ4n) is 7.69. The van der Waals surface area contributed by atoms with E-state index in [1.165, 1.54) is 161 Å². The predicted octanol–water partition coefficient (Wildman–Crippen LogP) is 9.56. The van der Waals surface area contributed by atoms with Crippen LogP contribution in [0.2, 0.25) is 0 Å². The maximum atomic E-state index is 13.0. The van der Waals surface area contributed by atoms with Gasteiger partial charge < -0.3 is 40.3 Å². The second-order valence-electron chi connectivity index (χ2n) is 16.6. The van der Waals surface area contributed by atoms with Crippen LogP contribution in [0.4, 0.5) is 0 Å². The minimum absolute atomic E-state index is 0.132. The number of nitrogens with one attached hydrogen (secondary N) is 1. The molecule has 1 aliphatic heterocycles. The zero-order valence-corrected chi connectivity index (χ0v) is 35.3. The summed E-state index contributed by atoms with van der Waals surface area (Å²) < 4.78 is 11.3. The Bertz CT molecular complexity index is 817. The van der Waals surface area contributed by atoms with Gasteiger partial charge in [-0.1, -0.05) is 206 Å². The van der Waals surface area contributed by atoms with Gasteiger partial charge in [0.1, 0.15) is 24.4 Å². The van der Waals surface area contributed by atoms with E-state index < -0.39 is 49.5 Å². The minimum Gasteiger partial charge on any atom is -0.394 e. The summed E-state index contributed by atoms with van der Waals surface area (Å²) >= 11 is 0. The Morgan fingerprint density at radius 1 is 0.556 bits per heavy atom. The van der Waals surface area contributed by atoms with Crippen molar-refractivity contribution in [2.75, 3.05) is 13.2 Å². The van der Waals surface area contributed by atoms with Gasteiger partial charge in [0.15, 0.2) is 6.29 Å². The lowest BCUT2D eigenvalue weighted by Gasteiger charge is -2.40. The Kier molecular flexibility index (Phi) is 34.6. The minimum atomic E-state index is -1.55. The number of unbranched alkanes of at least 4 members (excludes halogenated alkanes) is 29. The predicted molar refractivity (Wildman–Crippen MR) is 221 cm³/mol. The molecule has 1 saturated heterocycles. The third-order valence-corrected chi connectivity index (χ3v) is 11.5. The van der Waals surface area contributed by atoms with E-state index in [4.69, 9.17) is 9.47 Å². The first-order valence-corrected chi connectivity index (χ1v) is 23.2. The van der Waals surface area contributed by atoms with Gasteiger partial charge in [-0.25, -0.2) is 0 Å². The molecular formula is C45H89NO8. The van der Waals surface area contributed by atoms with Crippen LogP contribution in [0.3, 0.4) is 0 Å². The number of hydrogen-bond acceptors (Lipinski definition) is 8. The van der Waals surface area contributed by atoms with Crippen LogP contribution in [0, 0.1) is 0 Å². The molecule has 0 aromatic rings. The molecule has 0 radical (unpaired) electrons. The van der Waals surface area contributed by atoms with Gasteiger partial charge in [-0.3, -0.25) is 4.79 Å². The van der Waals surface area contributed by atoms with Crippen molar-refractivity contribution in [1.29, 1.82) is 0 Å². The average Bonchev–Trinajstić information content (AvgIpc) is 3.17. The summed E-state index contributed by atoms with van der Waals surface area (Å²) in [4.78, 5) is 13.0. The van der Waals surface area contributed by atoms with Crippen LogP contribution in [0.5, 0.6) is 0 Å². The van der Waals surface area contributed by atoms with Crippen LogP contribution in [-0.2, 0) is 14.3 Å². The number of hydrogen-bond donors (Lipinski definition) is 6. The Hall–Kier alpha value is -0.810. The fourth-order valence-corrected chi connectivity index (χ4v) is 7.69. The Labute approximate surface area is 332 Å². The van der Waals surface area contributed by atoms with E-state index in [2.05, 4.69) is 19.2 Å². The van der Waals surface area contributed by atoms with Gasteiger partial charge in [-0.05, 0) is 12.8 Å². The van der Waals surface area contributed by atoms with Crippen molar-refractivity contribution in [1.82, 2.24) is 5.32 Å². The molecule has 1 rings (SSSR count). The molecule has 1 heterocycles. The summed E-state index contributed by atoms with van der Waals surface area (Å²) in [7, 11) is 0. The van der Waals surface area contributed by atoms with Crippen molar-refractivity contribution in [2.45, 2.75) is 269 Å². The van der Waals surface area contributed by atoms with Crippen molar-refractivity contribution in [2.24, 2.45) is 0 Å². The maximum Gasteiger partial charge on any atom is 0.220 e. The number of carbonyl (C=O) groups excluding carboxylic acids is 1. The highest BCUT2D eigenvalue weighted by Gasteiger charge is 2.44. The third-order valence-electron chi connectivity index (χ3n) is 11.5. The molecule has 322 valence electrons. The van der Waals surface area contributed by atoms with Gasteiger partial charge in [0, 0.05) is 6.42 Å². The van der Waals surface area contributed by atoms with Crippen LogP contribution in [0.15, 0.2) is 0 Å². The van der Waals surface area contributed by atoms with Crippen LogP contribution < -0.4 is 5.32 Å². The lowest BCUT2D eigenvalue weighted by Crippen LogP contribution is -2.60. The van der Waals surface area contributed by atoms with Gasteiger partial charge in [0.2, 0.25) is 5.91 Å². The van der Waals surface area contributed by atoms with Crippen LogP contribution in [0.1, 0.15) is 226 Å². The highest BCUT2D eigenvalue weighted by atomic mass is 16.7. The van der Waals surface area contributed by atoms with E-state index in [0.717, 1.165) is 38.5 Å². The Balaban J connectivity index is 2.31. The average molecular weight is 772 g/mol. The summed E-state index contributed by atoms with van der Waals surface area (Å²) in [6.07, 6.45) is 32.5. The molecule has 0 spiro atoms. The zero-order valence-electron chi connectivity index (χ0n) is 35.3. The van der Waals surface area contributed by atoms with Crippen molar-refractivity contribution in [3.63, 3.8) is 0 Å². The number of rotatable bonds is 39. The molecule has 6 N–H and O–H groups in total. The van der Waals surface area contributed by atoms with E-state index >= 15 is 0 Å². The molecule has 0 aromatic carbocycles. The monoisotopic (exact) mass is 772 g/mol. The van der Waals surface area contributed by atoms with E-state index in [0.29, 0.717) is 12.8 Å². The van der Waals surface area contributed by atoms with Gasteiger partial charge in [-0.2, -0.15) is 0 Å². The van der Waals surface area contributed by atoms with E-state index in [1.807, 2.05) is 0 Å². The maximum absolute atomic E-state index is 13.0. The zero-order chi connectivity index (χ0) is 39.5. The van der Waals surface area contributed by atoms with Crippen LogP contribution in [-0.4, -0.2) is 87.5 Å². The van der Waals surface area contributed by atoms with E-state index in [-0.39, 0.29) is 12.5 Å². The molecule has 0 bridgehead atoms. The third kappa shape index (κ3) is 26.9. The van der Waals surface area contributed by atoms with Gasteiger partial charge in [0.05, 0.1) is 25.4 Å². The first kappa shape index (κ1) is 51.2. The second kappa shape index (κ2) is 36.5. The summed E-state index contributed by atoms with van der Waals surface area (Å²) in [5.74, 6) is -0.140. The molecular weight excluding hydrogens is 682 g/mol. The first-order valence-electron chi connectivity index (χ1n) is 23.2. The van der Waals surface area contributed by atoms with E-state index in [1.54, 1.807) is 0 Å². The van der Waals surface area contributed by atoms with Crippen molar-refractivity contribution < 1.29 is 39.8 Å². The molecule has 54 heavy (non-hydrogen) atoms. The highest BCUT2D eigenvalue weighted by molar-refractivity contribution is 5.76. The fraction of sp³-hybridized carbons (Fsp3) is 0.978. The topological polar surface area (TPSA) is 149 Å². The molecule has 7 unspecified atom stereocenters. The van der Waals surface area contributed by atoms with Crippen molar-refractivity contribution in [3.8, 4) is 0 Å². The standard InChI is InChI=1S/C45H89NO8/c1-3-5-7-9-11-13-15-17-19-20-21-23-25-27-29-31-33-35-41(49)46-38(37-53-45-44(52)43(51)42(50)40(36-47)54-45)39(48)34-32-30-28-26-24-22-18-16-14-12-10-8-6-4-2/h38-40,42-45,47-48,50-52H,3-37H2,1-2H3,(H,46,49). The molecule has 1 amide bonds. The normalized spacial score (nSPS) is 21.4. The molecule has 0 saturated carbocycles. The largest absolute Gasteiger partial charge is 0.394 e. The lowest BCUT2D eigenvalue weighted by atomic mass is 9.99. The number of aliphatic hydroxyl groups is 5. The second-order valence-corrected chi connectivity index (χ2v) is 16.6. The highest BCUT2D eigenvalue weighted by Crippen LogP contribution is 2.23. The van der Waals surface area contributed by atoms with Gasteiger partial charge in [0.25, 0.3) is 0 Å². The summed E-state index contributed by atoms with van der Waals surface area (Å²) in [6, 6.07) is -0.711. The molecule has 9 nitrogen and oxygen atoms in total. The molecule has 0 aliphatic carbocycles. The SMILES string of the molecule is CCCCCCCCCCCCCCCCCCCC(=O)NC(COC1OC(CO)C(O)C(O)C1O)C(O)CCCCCCCCCCCCCCCC. The van der Waals surface area contributed by atoms with Gasteiger partial charge >= 0.3 is 0 Å². The smallest absolute Gasteiger partial charge is 0.220 e. The van der Waals surface area contributed by atoms with E-state index in [9.17, 15) is 30.3 Å². The Morgan fingerprint density at radius 2 is 0.926 bits per heavy atom. The van der Waals surface area contributed by atoms with Crippen LogP contribution in [0.25, 0.3) is 0 Å². The summed E-state index contributed by atoms with van der Waals surface area (Å²) in [6.45, 7) is 3.85. The molecule has 9 heteroatoms. The van der Waals surface area contributed by atoms with Gasteiger partial charge in [-0.15, -0.1) is 0 Å². The summed E-state index contributed by atoms with van der Waals surface area (Å²) in [5, 5.41) is 54.3. The number of aliphatic hydroxyl groups excluding tert-OH is 5. The lowest BCUT2D eigenvalue weighted by molar-refractivity contribution is -0.302. The molecule has 1 fully saturated rings. The van der Waals surface area contributed by atoms with Crippen LogP contribution >= 0.6 is 0 Å². The number of amides is 1. The first-order chi connectivity index (χ1) is 26.3. The quantitative estimate of drug-likeness (QED) is 0.0339. The Morgan fingerprint density at radius 3 is 1.31 bits per heavy atom. The number of ether oxygens (including phenoxy) is 2. The molecule has 7 atom stereocenters. The molecule has 0 aromatic heterocycles. The summed E-state index contributed by atoms with van der Waals surface area (Å²) in [5.41, 5.74) is 0. The van der Waals surface area contributed by atoms with Crippen molar-refractivity contribution >= 4 is 5.91 Å².